The number of para-hydroxylation sites is 1. The van der Waals surface area contributed by atoms with E-state index in [0.29, 0.717) is 74.7 Å². The molecule has 0 bridgehead atoms. The second-order valence-electron chi connectivity index (χ2n) is 38.8. The number of ether oxygens (including phenoxy) is 4. The third-order valence-corrected chi connectivity index (χ3v) is 30.3. The number of nitrogens with zero attached hydrogens (tertiary/aromatic N) is 7. The van der Waals surface area contributed by atoms with E-state index in [1.807, 2.05) is 72.8 Å². The van der Waals surface area contributed by atoms with Gasteiger partial charge in [-0.25, -0.2) is 9.24 Å². The summed E-state index contributed by atoms with van der Waals surface area (Å²) in [6.07, 6.45) is 15.0. The summed E-state index contributed by atoms with van der Waals surface area (Å²) in [7, 11) is 0. The van der Waals surface area contributed by atoms with Crippen LogP contribution in [0.5, 0.6) is 23.0 Å². The zero-order valence-electron chi connectivity index (χ0n) is 83.8. The summed E-state index contributed by atoms with van der Waals surface area (Å²) in [4.78, 5) is 12.9. The Balaban J connectivity index is 0.000000133. The van der Waals surface area contributed by atoms with Crippen molar-refractivity contribution in [2.24, 2.45) is 23.7 Å². The van der Waals surface area contributed by atoms with Crippen molar-refractivity contribution in [3.63, 3.8) is 0 Å². The minimum absolute atomic E-state index is 0.200. The molecule has 20 rings (SSSR count). The predicted octanol–water partition coefficient (Wildman–Crippen LogP) is 31.1. The van der Waals surface area contributed by atoms with Crippen molar-refractivity contribution in [1.82, 2.24) is 19.6 Å². The van der Waals surface area contributed by atoms with Gasteiger partial charge < -0.3 is 18.9 Å². The van der Waals surface area contributed by atoms with E-state index in [1.165, 1.54) is 123 Å². The second kappa shape index (κ2) is 50.4. The number of hydrogen-bond donors (Lipinski definition) is 0. The molecule has 146 heavy (non-hydrogen) atoms. The Kier molecular flexibility index (Phi) is 36.1. The molecule has 4 aliphatic carbocycles. The van der Waals surface area contributed by atoms with E-state index in [-0.39, 0.29) is 31.0 Å². The van der Waals surface area contributed by atoms with Gasteiger partial charge in [0.05, 0.1) is 42.1 Å². The maximum absolute atomic E-state index is 13.9. The van der Waals surface area contributed by atoms with Gasteiger partial charge in [-0.1, -0.05) is 293 Å². The van der Waals surface area contributed by atoms with E-state index in [4.69, 9.17) is 82.4 Å². The van der Waals surface area contributed by atoms with Crippen LogP contribution in [0, 0.1) is 65.6 Å². The number of likely N-dealkylation sites (tertiary alicyclic amines) is 4. The molecule has 18 heteroatoms. The van der Waals surface area contributed by atoms with Gasteiger partial charge in [0.15, 0.2) is 5.69 Å². The van der Waals surface area contributed by atoms with Crippen LogP contribution in [0.3, 0.4) is 0 Å². The summed E-state index contributed by atoms with van der Waals surface area (Å²) in [5.74, 6) is 4.46. The van der Waals surface area contributed by atoms with Crippen LogP contribution in [0.2, 0.25) is 15.1 Å². The Morgan fingerprint density at radius 1 is 0.370 bits per heavy atom. The highest BCUT2D eigenvalue weighted by Gasteiger charge is 2.34. The van der Waals surface area contributed by atoms with Crippen LogP contribution in [0.1, 0.15) is 161 Å². The quantitative estimate of drug-likeness (QED) is 0.0279. The molecule has 12 aromatic rings. The van der Waals surface area contributed by atoms with Gasteiger partial charge in [-0.3, -0.25) is 28.4 Å². The van der Waals surface area contributed by atoms with Gasteiger partial charge in [-0.05, 0) is 304 Å². The smallest absolute Gasteiger partial charge is 0.194 e. The molecule has 4 saturated heterocycles. The molecule has 0 spiro atoms. The van der Waals surface area contributed by atoms with Crippen LogP contribution < -0.4 is 18.9 Å². The lowest BCUT2D eigenvalue weighted by Gasteiger charge is -2.37. The fraction of sp³-hybridized carbons (Fsp3) is 0.289. The average molecular weight is 2020 g/mol. The van der Waals surface area contributed by atoms with Gasteiger partial charge in [0, 0.05) is 120 Å². The Bertz CT molecular complexity index is 7060. The van der Waals surface area contributed by atoms with Crippen molar-refractivity contribution < 1.29 is 32.1 Å². The molecule has 8 aliphatic rings. The molecule has 0 N–H and O–H groups in total. The predicted molar refractivity (Wildman–Crippen MR) is 597 cm³/mol. The Hall–Kier alpha value is -13.0. The summed E-state index contributed by atoms with van der Waals surface area (Å²) in [6, 6.07) is 98.7. The van der Waals surface area contributed by atoms with E-state index in [9.17, 15) is 13.2 Å². The zero-order valence-corrected chi connectivity index (χ0v) is 86.8. The first-order chi connectivity index (χ1) is 71.4. The van der Waals surface area contributed by atoms with Crippen LogP contribution in [-0.2, 0) is 25.7 Å². The summed E-state index contributed by atoms with van der Waals surface area (Å²) in [5, 5.41) is 20.3. The molecule has 0 atom stereocenters. The van der Waals surface area contributed by atoms with E-state index < -0.39 is 0 Å². The first-order valence-electron chi connectivity index (χ1n) is 51.3. The van der Waals surface area contributed by atoms with Crippen molar-refractivity contribution in [2.45, 2.75) is 98.8 Å². The monoisotopic (exact) mass is 2020 g/mol. The molecule has 744 valence electrons. The third kappa shape index (κ3) is 25.4. The Morgan fingerprint density at radius 2 is 0.712 bits per heavy atom. The summed E-state index contributed by atoms with van der Waals surface area (Å²) in [5.41, 5.74) is 35.3. The van der Waals surface area contributed by atoms with Crippen molar-refractivity contribution in [3.05, 3.63) is 428 Å². The number of halogens is 7. The molecule has 4 fully saturated rings. The lowest BCUT2D eigenvalue weighted by Crippen LogP contribution is -2.49. The first kappa shape index (κ1) is 104. The fourth-order valence-corrected chi connectivity index (χ4v) is 22.6. The first-order valence-corrected chi connectivity index (χ1v) is 52.8. The standard InChI is InChI=1S/C33H33ClN2O.C32H29Cl2FN2O.C32H31FN2O.C31H31ClFNO/c1-3-31(32-13-10-29(34)18-23(32)2)33(28-19-26-6-4-5-7-27(26)20-28)25-8-11-30(12-9-25)37-17-16-36-21-24(22-36)14-15-35;1-2-26(28-12-9-24(35)18-30(28)33)31(29-17-23-5-3-4-6-27(23)32(29)34)22-7-10-25(11-8-22)38-16-15-37-19-21(20-37)13-14-36;1-3-29(30-10-6-7-11-31(30)34-2)32(27-18-25-8-4-5-9-26(25)19-27)24-12-14-28(15-13-24)36-17-16-35-21-23(20-33)22-35;1-2-28(29-9-5-6-10-30(29)32)31(26-17-24-7-3-4-8-25(24)18-26)23-11-13-27(14-12-23)35-16-15-34-20-22(19-33)21-34/h4-13,18-19,24H,3,14,16-17,20-22H2,1-2H3;3-12,18,21H,2,13,15-17,19-20H2,1H3;4-15,18,23H,3,16-17,19-22H2,1H3;3-14,17,22H,2,15-16,18-21H2,1H3/b33-31+;31-26+;32-29+;31-28+. The number of aryl methyl sites for hydroxylation is 1. The second-order valence-corrected chi connectivity index (χ2v) is 40.4. The molecule has 0 amide bonds. The van der Waals surface area contributed by atoms with Crippen molar-refractivity contribution in [1.29, 1.82) is 10.5 Å². The fourth-order valence-electron chi connectivity index (χ4n) is 21.5. The SMILES string of the molecule is CC/C(=C(\C1=C(Cl)c2ccccc2C1)c1ccc(OCCN2CC(CC#N)C2)cc1)c1ccc(F)cc1Cl.CC/C(=C(\C1=Cc2ccccc2C1)c1ccc(OCCN2CC(CC#N)C2)cc1)c1ccc(Cl)cc1C.CC/C(=C(\C1=Cc2ccccc2C1)c1ccc(OCCN2CC(CF)C2)cc1)c1ccccc1Cl.[C-]#[N+]c1ccccc1/C(CC)=C(/C1=Cc2ccccc2C1)c1ccc(OCCN2CC(CF)C2)cc1. The maximum atomic E-state index is 13.9. The molecule has 12 aromatic carbocycles. The Labute approximate surface area is 880 Å². The van der Waals surface area contributed by atoms with Gasteiger partial charge in [0.1, 0.15) is 55.2 Å². The van der Waals surface area contributed by atoms with Crippen LogP contribution in [0.15, 0.2) is 301 Å². The molecule has 0 saturated carbocycles. The minimum Gasteiger partial charge on any atom is -0.492 e. The lowest BCUT2D eigenvalue weighted by molar-refractivity contribution is 0.0668. The summed E-state index contributed by atoms with van der Waals surface area (Å²) >= 11 is 26.5. The molecule has 4 heterocycles. The highest BCUT2D eigenvalue weighted by molar-refractivity contribution is 6.51. The highest BCUT2D eigenvalue weighted by Crippen LogP contribution is 2.50. The van der Waals surface area contributed by atoms with Gasteiger partial charge in [-0.2, -0.15) is 10.5 Å². The van der Waals surface area contributed by atoms with Crippen LogP contribution in [0.25, 0.3) is 72.7 Å². The van der Waals surface area contributed by atoms with E-state index >= 15 is 0 Å². The lowest BCUT2D eigenvalue weighted by atomic mass is 9.86. The van der Waals surface area contributed by atoms with Gasteiger partial charge in [0.25, 0.3) is 0 Å². The van der Waals surface area contributed by atoms with Crippen LogP contribution in [-0.4, -0.2) is 138 Å². The van der Waals surface area contributed by atoms with E-state index in [2.05, 4.69) is 277 Å². The summed E-state index contributed by atoms with van der Waals surface area (Å²) in [6.45, 7) is 31.3. The summed E-state index contributed by atoms with van der Waals surface area (Å²) < 4.78 is 63.3. The number of benzene rings is 12. The normalized spacial score (nSPS) is 16.1. The maximum Gasteiger partial charge on any atom is 0.194 e. The minimum atomic E-state index is -0.360. The van der Waals surface area contributed by atoms with Crippen molar-refractivity contribution >= 4 is 120 Å². The van der Waals surface area contributed by atoms with Gasteiger partial charge in [0.2, 0.25) is 0 Å². The number of fused-ring (bicyclic) bond motifs is 4. The van der Waals surface area contributed by atoms with Crippen molar-refractivity contribution in [3.8, 4) is 35.1 Å². The average Bonchev–Trinajstić information content (AvgIpc) is 1.60. The van der Waals surface area contributed by atoms with Gasteiger partial charge in [-0.15, -0.1) is 0 Å². The number of alkyl halides is 2. The number of hydrogen-bond acceptors (Lipinski definition) is 10. The van der Waals surface area contributed by atoms with Crippen molar-refractivity contribution in [2.75, 3.05) is 118 Å². The molecule has 0 unspecified atom stereocenters. The number of rotatable bonds is 36. The zero-order chi connectivity index (χ0) is 102. The molecular weight excluding hydrogens is 1900 g/mol. The number of allylic oxidation sites excluding steroid dienone is 12. The third-order valence-electron chi connectivity index (χ3n) is 29.0. The topological polar surface area (TPSA) is 102 Å². The number of nitriles is 2. The molecule has 4 aliphatic heterocycles. The van der Waals surface area contributed by atoms with Crippen LogP contribution >= 0.6 is 46.4 Å². The van der Waals surface area contributed by atoms with Crippen LogP contribution in [0.4, 0.5) is 18.9 Å². The Morgan fingerprint density at radius 3 is 1.09 bits per heavy atom. The van der Waals surface area contributed by atoms with Gasteiger partial charge >= 0.3 is 0 Å². The van der Waals surface area contributed by atoms with E-state index in [0.717, 1.165) is 205 Å². The van der Waals surface area contributed by atoms with E-state index in [1.54, 1.807) is 6.07 Å². The largest absolute Gasteiger partial charge is 0.492 e. The molecule has 0 aromatic heterocycles. The molecular formula is C128H124Cl4F3N7O4. The molecule has 11 nitrogen and oxygen atoms in total. The molecule has 0 radical (unpaired) electrons. The highest BCUT2D eigenvalue weighted by atomic mass is 35.5.